The zero-order chi connectivity index (χ0) is 21.4. The van der Waals surface area contributed by atoms with E-state index in [0.717, 1.165) is 10.5 Å². The van der Waals surface area contributed by atoms with Crippen molar-refractivity contribution in [2.75, 3.05) is 12.3 Å². The average Bonchev–Trinajstić information content (AvgIpc) is 2.70. The van der Waals surface area contributed by atoms with E-state index >= 15 is 0 Å². The van der Waals surface area contributed by atoms with Crippen LogP contribution in [0.5, 0.6) is 0 Å². The summed E-state index contributed by atoms with van der Waals surface area (Å²) in [4.78, 5) is 28.2. The first-order valence-electron chi connectivity index (χ1n) is 9.25. The van der Waals surface area contributed by atoms with Crippen LogP contribution in [0.4, 0.5) is 0 Å². The van der Waals surface area contributed by atoms with Crippen LogP contribution < -0.4 is 5.32 Å². The lowest BCUT2D eigenvalue weighted by Gasteiger charge is -2.30. The number of rotatable bonds is 9. The van der Waals surface area contributed by atoms with Gasteiger partial charge in [-0.1, -0.05) is 47.8 Å². The third kappa shape index (κ3) is 7.10. The van der Waals surface area contributed by atoms with E-state index in [2.05, 4.69) is 5.32 Å². The van der Waals surface area contributed by atoms with Crippen molar-refractivity contribution in [1.82, 2.24) is 10.2 Å². The fourth-order valence-corrected chi connectivity index (χ4v) is 4.04. The highest BCUT2D eigenvalue weighted by Gasteiger charge is 2.28. The van der Waals surface area contributed by atoms with Gasteiger partial charge in [0.1, 0.15) is 6.04 Å². The zero-order valence-corrected chi connectivity index (χ0v) is 19.3. The largest absolute Gasteiger partial charge is 0.355 e. The Hall–Kier alpha value is -1.40. The first kappa shape index (κ1) is 23.9. The molecule has 2 amide bonds. The lowest BCUT2D eigenvalue weighted by Crippen LogP contribution is -2.49. The maximum absolute atomic E-state index is 13.1. The summed E-state index contributed by atoms with van der Waals surface area (Å²) >= 11 is 19.4. The van der Waals surface area contributed by atoms with Crippen LogP contribution in [0.1, 0.15) is 25.8 Å². The third-order valence-corrected chi connectivity index (χ3v) is 6.24. The maximum atomic E-state index is 13.1. The van der Waals surface area contributed by atoms with Gasteiger partial charge in [0.05, 0.1) is 15.8 Å². The Morgan fingerprint density at radius 2 is 1.72 bits per heavy atom. The summed E-state index contributed by atoms with van der Waals surface area (Å²) in [5, 5.41) is 4.32. The molecule has 0 spiro atoms. The SMILES string of the molecule is CCNC(=O)C(CC)N(Cc1ccc(Cl)c(Cl)c1)C(=O)CSc1ccc(Cl)cc1. The van der Waals surface area contributed by atoms with Crippen LogP contribution in [0.2, 0.25) is 15.1 Å². The van der Waals surface area contributed by atoms with E-state index in [0.29, 0.717) is 28.0 Å². The number of carbonyl (C=O) groups excluding carboxylic acids is 2. The minimum atomic E-state index is -0.567. The van der Waals surface area contributed by atoms with Crippen molar-refractivity contribution in [2.45, 2.75) is 37.8 Å². The number of thioether (sulfide) groups is 1. The number of nitrogens with one attached hydrogen (secondary N) is 1. The maximum Gasteiger partial charge on any atom is 0.242 e. The second-order valence-corrected chi connectivity index (χ2v) is 8.63. The number of hydrogen-bond acceptors (Lipinski definition) is 3. The molecule has 0 bridgehead atoms. The molecule has 2 aromatic rings. The second kappa shape index (κ2) is 11.7. The number of halogens is 3. The Balaban J connectivity index is 2.21. The van der Waals surface area contributed by atoms with E-state index in [1.165, 1.54) is 11.8 Å². The van der Waals surface area contributed by atoms with Crippen molar-refractivity contribution in [1.29, 1.82) is 0 Å². The van der Waals surface area contributed by atoms with E-state index in [9.17, 15) is 9.59 Å². The lowest BCUT2D eigenvalue weighted by atomic mass is 10.1. The quantitative estimate of drug-likeness (QED) is 0.476. The van der Waals surface area contributed by atoms with Gasteiger partial charge in [-0.15, -0.1) is 11.8 Å². The summed E-state index contributed by atoms with van der Waals surface area (Å²) in [5.74, 6) is -0.0900. The molecular formula is C21H23Cl3N2O2S. The predicted molar refractivity (Wildman–Crippen MR) is 122 cm³/mol. The van der Waals surface area contributed by atoms with Crippen LogP contribution in [0, 0.1) is 0 Å². The summed E-state index contributed by atoms with van der Waals surface area (Å²) in [7, 11) is 0. The number of nitrogens with zero attached hydrogens (tertiary/aromatic N) is 1. The van der Waals surface area contributed by atoms with Crippen molar-refractivity contribution in [3.8, 4) is 0 Å². The molecule has 0 saturated carbocycles. The summed E-state index contributed by atoms with van der Waals surface area (Å²) in [6, 6.07) is 12.0. The smallest absolute Gasteiger partial charge is 0.242 e. The van der Waals surface area contributed by atoms with Crippen LogP contribution in [0.15, 0.2) is 47.4 Å². The molecule has 29 heavy (non-hydrogen) atoms. The van der Waals surface area contributed by atoms with Crippen LogP contribution in [0.3, 0.4) is 0 Å². The van der Waals surface area contributed by atoms with Gasteiger partial charge in [0.15, 0.2) is 0 Å². The molecule has 0 saturated heterocycles. The molecule has 0 radical (unpaired) electrons. The van der Waals surface area contributed by atoms with Gasteiger partial charge < -0.3 is 10.2 Å². The predicted octanol–water partition coefficient (Wildman–Crippen LogP) is 5.68. The van der Waals surface area contributed by atoms with Crippen molar-refractivity contribution < 1.29 is 9.59 Å². The second-order valence-electron chi connectivity index (χ2n) is 6.33. The summed E-state index contributed by atoms with van der Waals surface area (Å²) in [6.45, 7) is 4.52. The highest BCUT2D eigenvalue weighted by atomic mass is 35.5. The van der Waals surface area contributed by atoms with E-state index in [1.807, 2.05) is 32.0 Å². The average molecular weight is 474 g/mol. The monoisotopic (exact) mass is 472 g/mol. The summed E-state index contributed by atoms with van der Waals surface area (Å²) in [6.07, 6.45) is 0.504. The van der Waals surface area contributed by atoms with E-state index in [1.54, 1.807) is 29.2 Å². The van der Waals surface area contributed by atoms with Gasteiger partial charge >= 0.3 is 0 Å². The Bertz CT molecular complexity index is 846. The van der Waals surface area contributed by atoms with Gasteiger partial charge in [0.2, 0.25) is 11.8 Å². The minimum absolute atomic E-state index is 0.130. The number of amides is 2. The molecule has 1 unspecified atom stereocenters. The Morgan fingerprint density at radius 1 is 1.03 bits per heavy atom. The molecule has 8 heteroatoms. The number of hydrogen-bond donors (Lipinski definition) is 1. The fraction of sp³-hybridized carbons (Fsp3) is 0.333. The number of likely N-dealkylation sites (N-methyl/N-ethyl adjacent to an activating group) is 1. The first-order chi connectivity index (χ1) is 13.8. The molecule has 2 rings (SSSR count). The van der Waals surface area contributed by atoms with Gasteiger partial charge in [-0.25, -0.2) is 0 Å². The van der Waals surface area contributed by atoms with E-state index in [-0.39, 0.29) is 24.1 Å². The third-order valence-electron chi connectivity index (χ3n) is 4.25. The van der Waals surface area contributed by atoms with Gasteiger partial charge in [-0.3, -0.25) is 9.59 Å². The van der Waals surface area contributed by atoms with Gasteiger partial charge in [0, 0.05) is 23.0 Å². The molecule has 2 aromatic carbocycles. The van der Waals surface area contributed by atoms with Gasteiger partial charge in [0.25, 0.3) is 0 Å². The molecule has 4 nitrogen and oxygen atoms in total. The highest BCUT2D eigenvalue weighted by molar-refractivity contribution is 8.00. The lowest BCUT2D eigenvalue weighted by molar-refractivity contribution is -0.139. The molecule has 1 N–H and O–H groups in total. The Morgan fingerprint density at radius 3 is 2.31 bits per heavy atom. The number of carbonyl (C=O) groups is 2. The Kier molecular flexibility index (Phi) is 9.63. The molecule has 0 aliphatic heterocycles. The molecular weight excluding hydrogens is 451 g/mol. The van der Waals surface area contributed by atoms with Crippen molar-refractivity contribution in [3.63, 3.8) is 0 Å². The normalized spacial score (nSPS) is 11.8. The van der Waals surface area contributed by atoms with E-state index in [4.69, 9.17) is 34.8 Å². The Labute approximate surface area is 190 Å². The fourth-order valence-electron chi connectivity index (χ4n) is 2.81. The molecule has 0 fully saturated rings. The first-order valence-corrected chi connectivity index (χ1v) is 11.4. The van der Waals surface area contributed by atoms with Crippen LogP contribution in [-0.4, -0.2) is 35.1 Å². The van der Waals surface area contributed by atoms with Crippen LogP contribution in [-0.2, 0) is 16.1 Å². The molecule has 0 aliphatic carbocycles. The van der Waals surface area contributed by atoms with Crippen molar-refractivity contribution >= 4 is 58.4 Å². The number of benzene rings is 2. The molecule has 0 heterocycles. The van der Waals surface area contributed by atoms with Crippen LogP contribution in [0.25, 0.3) is 0 Å². The molecule has 0 aromatic heterocycles. The minimum Gasteiger partial charge on any atom is -0.355 e. The van der Waals surface area contributed by atoms with Crippen LogP contribution >= 0.6 is 46.6 Å². The molecule has 156 valence electrons. The zero-order valence-electron chi connectivity index (χ0n) is 16.3. The van der Waals surface area contributed by atoms with E-state index < -0.39 is 6.04 Å². The topological polar surface area (TPSA) is 49.4 Å². The standard InChI is InChI=1S/C21H23Cl3N2O2S/c1-3-19(21(28)25-4-2)26(12-14-5-10-17(23)18(24)11-14)20(27)13-29-16-8-6-15(22)7-9-16/h5-11,19H,3-4,12-13H2,1-2H3,(H,25,28). The summed E-state index contributed by atoms with van der Waals surface area (Å²) in [5.41, 5.74) is 0.812. The summed E-state index contributed by atoms with van der Waals surface area (Å²) < 4.78 is 0. The highest BCUT2D eigenvalue weighted by Crippen LogP contribution is 2.25. The molecule has 0 aliphatic rings. The van der Waals surface area contributed by atoms with Crippen molar-refractivity contribution in [2.24, 2.45) is 0 Å². The van der Waals surface area contributed by atoms with Gasteiger partial charge in [-0.05, 0) is 55.3 Å². The van der Waals surface area contributed by atoms with Crippen molar-refractivity contribution in [3.05, 3.63) is 63.1 Å². The molecule has 1 atom stereocenters. The van der Waals surface area contributed by atoms with Gasteiger partial charge in [-0.2, -0.15) is 0 Å².